The van der Waals surface area contributed by atoms with Crippen molar-refractivity contribution in [3.63, 3.8) is 0 Å². The zero-order valence-electron chi connectivity index (χ0n) is 11.6. The molecule has 0 rings (SSSR count). The molecule has 18 heavy (non-hydrogen) atoms. The number of ketones is 2. The fourth-order valence-electron chi connectivity index (χ4n) is 2.18. The first kappa shape index (κ1) is 16.8. The van der Waals surface area contributed by atoms with Gasteiger partial charge in [-0.05, 0) is 20.3 Å². The molecule has 0 aromatic carbocycles. The summed E-state index contributed by atoms with van der Waals surface area (Å²) in [6.45, 7) is 4.50. The number of hydrogen-bond acceptors (Lipinski definition) is 3. The highest BCUT2D eigenvalue weighted by Gasteiger charge is 2.47. The molecule has 4 heteroatoms. The number of unbranched alkanes of at least 4 members (excludes halogenated alkanes) is 5. The van der Waals surface area contributed by atoms with Crippen molar-refractivity contribution in [2.45, 2.75) is 65.7 Å². The summed E-state index contributed by atoms with van der Waals surface area (Å²) < 4.78 is 0. The summed E-state index contributed by atoms with van der Waals surface area (Å²) in [7, 11) is 0. The molecule has 0 aliphatic carbocycles. The molecule has 4 nitrogen and oxygen atoms in total. The van der Waals surface area contributed by atoms with Gasteiger partial charge in [-0.15, -0.1) is 0 Å². The van der Waals surface area contributed by atoms with E-state index in [0.717, 1.165) is 25.7 Å². The van der Waals surface area contributed by atoms with E-state index in [9.17, 15) is 14.4 Å². The van der Waals surface area contributed by atoms with Crippen LogP contribution in [0.15, 0.2) is 0 Å². The third kappa shape index (κ3) is 4.24. The van der Waals surface area contributed by atoms with Crippen molar-refractivity contribution in [2.75, 3.05) is 0 Å². The molecule has 0 unspecified atom stereocenters. The van der Waals surface area contributed by atoms with Gasteiger partial charge in [0.05, 0.1) is 0 Å². The number of Topliss-reactive ketones (excluding diaryl/α,β-unsaturated/α-hetero) is 2. The molecule has 0 saturated heterocycles. The number of carboxylic acid groups (broad SMARTS) is 1. The van der Waals surface area contributed by atoms with Crippen LogP contribution in [0.2, 0.25) is 0 Å². The Morgan fingerprint density at radius 2 is 1.33 bits per heavy atom. The summed E-state index contributed by atoms with van der Waals surface area (Å²) in [4.78, 5) is 34.3. The van der Waals surface area contributed by atoms with Crippen LogP contribution in [-0.4, -0.2) is 22.6 Å². The van der Waals surface area contributed by atoms with Gasteiger partial charge in [0.1, 0.15) is 0 Å². The van der Waals surface area contributed by atoms with Gasteiger partial charge >= 0.3 is 5.97 Å². The lowest BCUT2D eigenvalue weighted by Gasteiger charge is -2.23. The van der Waals surface area contributed by atoms with Gasteiger partial charge in [-0.25, -0.2) is 0 Å². The number of rotatable bonds is 10. The summed E-state index contributed by atoms with van der Waals surface area (Å²) in [6.07, 6.45) is 6.07. The zero-order chi connectivity index (χ0) is 14.2. The maximum absolute atomic E-state index is 11.5. The SMILES string of the molecule is CCCCCCCCC(C(C)=O)(C(C)=O)C(=O)O. The van der Waals surface area contributed by atoms with Crippen molar-refractivity contribution in [3.8, 4) is 0 Å². The molecule has 0 aromatic heterocycles. The average Bonchev–Trinajstić information content (AvgIpc) is 2.26. The summed E-state index contributed by atoms with van der Waals surface area (Å²) in [6, 6.07) is 0. The standard InChI is InChI=1S/C14H24O4/c1-4-5-6-7-8-9-10-14(11(2)15,12(3)16)13(17)18/h4-10H2,1-3H3,(H,17,18). The predicted molar refractivity (Wildman–Crippen MR) is 69.4 cm³/mol. The lowest BCUT2D eigenvalue weighted by atomic mass is 9.76. The van der Waals surface area contributed by atoms with E-state index in [1.165, 1.54) is 20.3 Å². The maximum Gasteiger partial charge on any atom is 0.324 e. The molecule has 0 spiro atoms. The number of carboxylic acids is 1. The molecule has 0 saturated carbocycles. The van der Waals surface area contributed by atoms with Crippen molar-refractivity contribution < 1.29 is 19.5 Å². The van der Waals surface area contributed by atoms with Gasteiger partial charge in [0, 0.05) is 0 Å². The van der Waals surface area contributed by atoms with Gasteiger partial charge in [0.2, 0.25) is 0 Å². The van der Waals surface area contributed by atoms with Crippen molar-refractivity contribution in [1.82, 2.24) is 0 Å². The van der Waals surface area contributed by atoms with Gasteiger partial charge in [0.25, 0.3) is 0 Å². The van der Waals surface area contributed by atoms with Crippen molar-refractivity contribution >= 4 is 17.5 Å². The van der Waals surface area contributed by atoms with Crippen molar-refractivity contribution in [2.24, 2.45) is 5.41 Å². The highest BCUT2D eigenvalue weighted by Crippen LogP contribution is 2.28. The minimum atomic E-state index is -1.81. The molecule has 0 radical (unpaired) electrons. The third-order valence-electron chi connectivity index (χ3n) is 3.47. The van der Waals surface area contributed by atoms with E-state index in [-0.39, 0.29) is 6.42 Å². The Morgan fingerprint density at radius 1 is 0.889 bits per heavy atom. The van der Waals surface area contributed by atoms with Crippen LogP contribution in [0.5, 0.6) is 0 Å². The molecule has 0 atom stereocenters. The van der Waals surface area contributed by atoms with Gasteiger partial charge in [-0.3, -0.25) is 14.4 Å². The Morgan fingerprint density at radius 3 is 1.72 bits per heavy atom. The van der Waals surface area contributed by atoms with E-state index in [2.05, 4.69) is 6.92 Å². The summed E-state index contributed by atoms with van der Waals surface area (Å²) in [5.74, 6) is -2.43. The van der Waals surface area contributed by atoms with Crippen LogP contribution in [-0.2, 0) is 14.4 Å². The zero-order valence-corrected chi connectivity index (χ0v) is 11.6. The van der Waals surface area contributed by atoms with E-state index >= 15 is 0 Å². The lowest BCUT2D eigenvalue weighted by Crippen LogP contribution is -2.44. The Hall–Kier alpha value is -1.19. The Kier molecular flexibility index (Phi) is 7.48. The number of carbonyl (C=O) groups excluding carboxylic acids is 2. The normalized spacial score (nSPS) is 11.3. The van der Waals surface area contributed by atoms with Crippen LogP contribution in [0.4, 0.5) is 0 Å². The number of carbonyl (C=O) groups is 3. The quantitative estimate of drug-likeness (QED) is 0.482. The molecule has 0 amide bonds. The summed E-state index contributed by atoms with van der Waals surface area (Å²) in [5, 5.41) is 9.16. The minimum absolute atomic E-state index is 0.124. The molecule has 0 heterocycles. The fourth-order valence-corrected chi connectivity index (χ4v) is 2.18. The first-order valence-corrected chi connectivity index (χ1v) is 6.65. The first-order chi connectivity index (χ1) is 8.39. The van der Waals surface area contributed by atoms with E-state index in [4.69, 9.17) is 5.11 Å². The molecular formula is C14H24O4. The van der Waals surface area contributed by atoms with E-state index in [0.29, 0.717) is 6.42 Å². The van der Waals surface area contributed by atoms with Crippen molar-refractivity contribution in [3.05, 3.63) is 0 Å². The highest BCUT2D eigenvalue weighted by atomic mass is 16.4. The highest BCUT2D eigenvalue weighted by molar-refractivity contribution is 6.20. The monoisotopic (exact) mass is 256 g/mol. The Balaban J connectivity index is 4.40. The maximum atomic E-state index is 11.5. The van der Waals surface area contributed by atoms with E-state index in [1.807, 2.05) is 0 Å². The molecule has 0 aromatic rings. The smallest absolute Gasteiger partial charge is 0.324 e. The Bertz CT molecular complexity index is 271. The van der Waals surface area contributed by atoms with Crippen LogP contribution in [0.1, 0.15) is 65.7 Å². The molecule has 104 valence electrons. The fraction of sp³-hybridized carbons (Fsp3) is 0.786. The van der Waals surface area contributed by atoms with Gasteiger partial charge in [0.15, 0.2) is 17.0 Å². The Labute approximate surface area is 109 Å². The van der Waals surface area contributed by atoms with Crippen LogP contribution in [0, 0.1) is 5.41 Å². The van der Waals surface area contributed by atoms with Gasteiger partial charge < -0.3 is 5.11 Å². The molecule has 0 bridgehead atoms. The van der Waals surface area contributed by atoms with Crippen molar-refractivity contribution in [1.29, 1.82) is 0 Å². The van der Waals surface area contributed by atoms with Crippen LogP contribution in [0.25, 0.3) is 0 Å². The van der Waals surface area contributed by atoms with Crippen LogP contribution >= 0.6 is 0 Å². The molecular weight excluding hydrogens is 232 g/mol. The second-order valence-corrected chi connectivity index (χ2v) is 4.84. The second-order valence-electron chi connectivity index (χ2n) is 4.84. The van der Waals surface area contributed by atoms with Gasteiger partial charge in [-0.2, -0.15) is 0 Å². The second kappa shape index (κ2) is 8.01. The predicted octanol–water partition coefficient (Wildman–Crippen LogP) is 2.99. The summed E-state index contributed by atoms with van der Waals surface area (Å²) in [5.41, 5.74) is -1.81. The molecule has 0 aliphatic rings. The van der Waals surface area contributed by atoms with E-state index < -0.39 is 23.0 Å². The lowest BCUT2D eigenvalue weighted by molar-refractivity contribution is -0.159. The number of aliphatic carboxylic acids is 1. The van der Waals surface area contributed by atoms with Crippen LogP contribution in [0.3, 0.4) is 0 Å². The first-order valence-electron chi connectivity index (χ1n) is 6.65. The van der Waals surface area contributed by atoms with Gasteiger partial charge in [-0.1, -0.05) is 45.4 Å². The van der Waals surface area contributed by atoms with E-state index in [1.54, 1.807) is 0 Å². The molecule has 0 aliphatic heterocycles. The summed E-state index contributed by atoms with van der Waals surface area (Å²) >= 11 is 0. The third-order valence-corrected chi connectivity index (χ3v) is 3.47. The topological polar surface area (TPSA) is 71.4 Å². The minimum Gasteiger partial charge on any atom is -0.480 e. The van der Waals surface area contributed by atoms with Crippen LogP contribution < -0.4 is 0 Å². The number of hydrogen-bond donors (Lipinski definition) is 1. The molecule has 1 N–H and O–H groups in total. The largest absolute Gasteiger partial charge is 0.480 e. The average molecular weight is 256 g/mol. The molecule has 0 fully saturated rings.